The van der Waals surface area contributed by atoms with Crippen LogP contribution in [0.25, 0.3) is 0 Å². The lowest BCUT2D eigenvalue weighted by atomic mass is 9.98. The molecule has 1 saturated carbocycles. The van der Waals surface area contributed by atoms with Gasteiger partial charge in [-0.05, 0) is 49.7 Å². The van der Waals surface area contributed by atoms with Crippen LogP contribution in [0, 0.1) is 12.8 Å². The summed E-state index contributed by atoms with van der Waals surface area (Å²) in [5.74, 6) is 1.40. The highest BCUT2D eigenvalue weighted by atomic mass is 16.3. The molecule has 0 amide bonds. The Morgan fingerprint density at radius 2 is 1.93 bits per heavy atom. The summed E-state index contributed by atoms with van der Waals surface area (Å²) < 4.78 is 0. The maximum Gasteiger partial charge on any atom is 0.121 e. The Hall–Kier alpha value is -0.980. The zero-order valence-electron chi connectivity index (χ0n) is 9.71. The standard InChI is InChI=1S/C14H20O/c1-3-4-12-7-10(2)8-13(14(12)15)9-11-5-6-11/h7-8,11,15H,3-6,9H2,1-2H3. The Kier molecular flexibility index (Phi) is 2.99. The topological polar surface area (TPSA) is 20.2 Å². The molecule has 1 aliphatic carbocycles. The summed E-state index contributed by atoms with van der Waals surface area (Å²) in [6.07, 6.45) is 5.85. The van der Waals surface area contributed by atoms with Crippen LogP contribution in [-0.2, 0) is 12.8 Å². The van der Waals surface area contributed by atoms with Crippen LogP contribution in [-0.4, -0.2) is 5.11 Å². The highest BCUT2D eigenvalue weighted by molar-refractivity contribution is 5.44. The van der Waals surface area contributed by atoms with Gasteiger partial charge >= 0.3 is 0 Å². The van der Waals surface area contributed by atoms with Crippen molar-refractivity contribution in [1.29, 1.82) is 0 Å². The van der Waals surface area contributed by atoms with E-state index in [9.17, 15) is 5.11 Å². The van der Waals surface area contributed by atoms with E-state index in [0.717, 1.165) is 30.7 Å². The van der Waals surface area contributed by atoms with Crippen LogP contribution in [0.1, 0.15) is 42.9 Å². The van der Waals surface area contributed by atoms with E-state index in [0.29, 0.717) is 5.75 Å². The van der Waals surface area contributed by atoms with Crippen LogP contribution < -0.4 is 0 Å². The van der Waals surface area contributed by atoms with E-state index in [4.69, 9.17) is 0 Å². The molecule has 0 spiro atoms. The molecule has 0 aliphatic heterocycles. The highest BCUT2D eigenvalue weighted by Crippen LogP contribution is 2.36. The van der Waals surface area contributed by atoms with Gasteiger partial charge in [-0.15, -0.1) is 0 Å². The first-order valence-corrected chi connectivity index (χ1v) is 6.02. The van der Waals surface area contributed by atoms with E-state index in [-0.39, 0.29) is 0 Å². The molecule has 0 saturated heterocycles. The predicted molar refractivity (Wildman–Crippen MR) is 63.3 cm³/mol. The molecule has 1 fully saturated rings. The Balaban J connectivity index is 2.26. The molecule has 0 atom stereocenters. The number of hydrogen-bond donors (Lipinski definition) is 1. The summed E-state index contributed by atoms with van der Waals surface area (Å²) in [6.45, 7) is 4.28. The van der Waals surface area contributed by atoms with Crippen LogP contribution in [0.15, 0.2) is 12.1 Å². The summed E-state index contributed by atoms with van der Waals surface area (Å²) in [5, 5.41) is 10.1. The van der Waals surface area contributed by atoms with E-state index in [1.165, 1.54) is 24.0 Å². The summed E-state index contributed by atoms with van der Waals surface area (Å²) in [6, 6.07) is 4.27. The molecule has 1 heteroatoms. The largest absolute Gasteiger partial charge is 0.507 e. The highest BCUT2D eigenvalue weighted by Gasteiger charge is 2.23. The van der Waals surface area contributed by atoms with E-state index < -0.39 is 0 Å². The third kappa shape index (κ3) is 2.53. The smallest absolute Gasteiger partial charge is 0.121 e. The van der Waals surface area contributed by atoms with Gasteiger partial charge in [0.15, 0.2) is 0 Å². The van der Waals surface area contributed by atoms with Crippen LogP contribution in [0.3, 0.4) is 0 Å². The van der Waals surface area contributed by atoms with Crippen molar-refractivity contribution in [2.45, 2.75) is 46.0 Å². The van der Waals surface area contributed by atoms with E-state index in [2.05, 4.69) is 26.0 Å². The van der Waals surface area contributed by atoms with E-state index in [1.807, 2.05) is 0 Å². The minimum Gasteiger partial charge on any atom is -0.507 e. The lowest BCUT2D eigenvalue weighted by molar-refractivity contribution is 0.458. The fraction of sp³-hybridized carbons (Fsp3) is 0.571. The number of benzene rings is 1. The van der Waals surface area contributed by atoms with Crippen molar-refractivity contribution in [2.75, 3.05) is 0 Å². The predicted octanol–water partition coefficient (Wildman–Crippen LogP) is 3.61. The van der Waals surface area contributed by atoms with Crippen LogP contribution >= 0.6 is 0 Å². The molecule has 1 N–H and O–H groups in total. The van der Waals surface area contributed by atoms with Gasteiger partial charge in [0, 0.05) is 0 Å². The van der Waals surface area contributed by atoms with Gasteiger partial charge < -0.3 is 5.11 Å². The minimum absolute atomic E-state index is 0.564. The molecule has 0 heterocycles. The Morgan fingerprint density at radius 1 is 1.27 bits per heavy atom. The molecule has 1 aromatic rings. The quantitative estimate of drug-likeness (QED) is 0.794. The second-order valence-electron chi connectivity index (χ2n) is 4.83. The third-order valence-electron chi connectivity index (χ3n) is 3.14. The number of hydrogen-bond acceptors (Lipinski definition) is 1. The normalized spacial score (nSPS) is 15.6. The monoisotopic (exact) mass is 204 g/mol. The first kappa shape index (κ1) is 10.5. The molecule has 82 valence electrons. The van der Waals surface area contributed by atoms with Crippen molar-refractivity contribution < 1.29 is 5.11 Å². The van der Waals surface area contributed by atoms with Gasteiger partial charge in [-0.1, -0.05) is 31.0 Å². The van der Waals surface area contributed by atoms with Crippen molar-refractivity contribution in [3.63, 3.8) is 0 Å². The average molecular weight is 204 g/mol. The van der Waals surface area contributed by atoms with Crippen molar-refractivity contribution >= 4 is 0 Å². The molecule has 0 aromatic heterocycles. The van der Waals surface area contributed by atoms with Crippen molar-refractivity contribution in [1.82, 2.24) is 0 Å². The van der Waals surface area contributed by atoms with Crippen LogP contribution in [0.4, 0.5) is 0 Å². The summed E-state index contributed by atoms with van der Waals surface area (Å²) in [4.78, 5) is 0. The van der Waals surface area contributed by atoms with Crippen LogP contribution in [0.2, 0.25) is 0 Å². The zero-order valence-corrected chi connectivity index (χ0v) is 9.71. The van der Waals surface area contributed by atoms with E-state index >= 15 is 0 Å². The minimum atomic E-state index is 0.564. The van der Waals surface area contributed by atoms with Crippen molar-refractivity contribution in [2.24, 2.45) is 5.92 Å². The Bertz CT molecular complexity index is 351. The van der Waals surface area contributed by atoms with Crippen molar-refractivity contribution in [3.8, 4) is 5.75 Å². The summed E-state index contributed by atoms with van der Waals surface area (Å²) >= 11 is 0. The maximum atomic E-state index is 10.1. The molecule has 1 aromatic carbocycles. The molecule has 0 radical (unpaired) electrons. The number of rotatable bonds is 4. The maximum absolute atomic E-state index is 10.1. The van der Waals surface area contributed by atoms with Gasteiger partial charge in [0.05, 0.1) is 0 Å². The number of aryl methyl sites for hydroxylation is 2. The number of aromatic hydroxyl groups is 1. The molecule has 15 heavy (non-hydrogen) atoms. The SMILES string of the molecule is CCCc1cc(C)cc(CC2CC2)c1O. The van der Waals surface area contributed by atoms with Crippen LogP contribution in [0.5, 0.6) is 5.75 Å². The fourth-order valence-corrected chi connectivity index (χ4v) is 2.18. The lowest BCUT2D eigenvalue weighted by Crippen LogP contribution is -1.94. The van der Waals surface area contributed by atoms with Crippen molar-refractivity contribution in [3.05, 3.63) is 28.8 Å². The Labute approximate surface area is 92.1 Å². The molecule has 1 aliphatic rings. The third-order valence-corrected chi connectivity index (χ3v) is 3.14. The molecule has 0 bridgehead atoms. The summed E-state index contributed by atoms with van der Waals surface area (Å²) in [7, 11) is 0. The van der Waals surface area contributed by atoms with Gasteiger partial charge in [0.1, 0.15) is 5.75 Å². The van der Waals surface area contributed by atoms with E-state index in [1.54, 1.807) is 0 Å². The van der Waals surface area contributed by atoms with Gasteiger partial charge in [-0.3, -0.25) is 0 Å². The second kappa shape index (κ2) is 4.26. The lowest BCUT2D eigenvalue weighted by Gasteiger charge is -2.10. The molecular weight excluding hydrogens is 184 g/mol. The fourth-order valence-electron chi connectivity index (χ4n) is 2.18. The number of phenols is 1. The molecular formula is C14H20O. The first-order valence-electron chi connectivity index (χ1n) is 6.02. The second-order valence-corrected chi connectivity index (χ2v) is 4.83. The number of phenolic OH excluding ortho intramolecular Hbond substituents is 1. The van der Waals surface area contributed by atoms with Gasteiger partial charge in [-0.25, -0.2) is 0 Å². The average Bonchev–Trinajstić information content (AvgIpc) is 2.97. The summed E-state index contributed by atoms with van der Waals surface area (Å²) in [5.41, 5.74) is 3.58. The Morgan fingerprint density at radius 3 is 2.53 bits per heavy atom. The van der Waals surface area contributed by atoms with Gasteiger partial charge in [0.25, 0.3) is 0 Å². The molecule has 2 rings (SSSR count). The first-order chi connectivity index (χ1) is 7.20. The zero-order chi connectivity index (χ0) is 10.8. The molecule has 0 unspecified atom stereocenters. The van der Waals surface area contributed by atoms with Gasteiger partial charge in [0.2, 0.25) is 0 Å². The molecule has 1 nitrogen and oxygen atoms in total. The van der Waals surface area contributed by atoms with Gasteiger partial charge in [-0.2, -0.15) is 0 Å².